The standard InChI is InChI=1S/C15H21N3O3/c1-20-13-4-2-9(15(16)18-19)6-10(13)8-17-12-7-11-3-5-14(12)21-11/h2,4,6,11-12,14,17,19H,3,5,7-8H2,1H3,(H2,16,18). The normalized spacial score (nSPS) is 28.0. The number of amidine groups is 1. The smallest absolute Gasteiger partial charge is 0.170 e. The molecule has 0 amide bonds. The van der Waals surface area contributed by atoms with Crippen molar-refractivity contribution in [3.05, 3.63) is 29.3 Å². The van der Waals surface area contributed by atoms with Gasteiger partial charge < -0.3 is 25.7 Å². The van der Waals surface area contributed by atoms with Gasteiger partial charge in [0, 0.05) is 23.7 Å². The molecule has 0 aliphatic carbocycles. The van der Waals surface area contributed by atoms with Crippen LogP contribution in [0.1, 0.15) is 30.4 Å². The zero-order chi connectivity index (χ0) is 14.8. The monoisotopic (exact) mass is 291 g/mol. The van der Waals surface area contributed by atoms with Crippen LogP contribution in [0, 0.1) is 0 Å². The van der Waals surface area contributed by atoms with E-state index in [2.05, 4.69) is 10.5 Å². The zero-order valence-corrected chi connectivity index (χ0v) is 12.1. The number of fused-ring (bicyclic) bond motifs is 2. The Morgan fingerprint density at radius 2 is 2.38 bits per heavy atom. The summed E-state index contributed by atoms with van der Waals surface area (Å²) in [6.07, 6.45) is 4.17. The van der Waals surface area contributed by atoms with Gasteiger partial charge in [-0.15, -0.1) is 0 Å². The lowest BCUT2D eigenvalue weighted by Gasteiger charge is -2.21. The number of oxime groups is 1. The van der Waals surface area contributed by atoms with Crippen LogP contribution < -0.4 is 15.8 Å². The van der Waals surface area contributed by atoms with Gasteiger partial charge in [-0.1, -0.05) is 5.16 Å². The molecule has 2 saturated heterocycles. The molecule has 0 radical (unpaired) electrons. The molecule has 3 unspecified atom stereocenters. The second kappa shape index (κ2) is 5.91. The number of nitrogens with two attached hydrogens (primary N) is 1. The summed E-state index contributed by atoms with van der Waals surface area (Å²) in [5, 5.41) is 15.4. The number of nitrogens with zero attached hydrogens (tertiary/aromatic N) is 1. The quantitative estimate of drug-likeness (QED) is 0.328. The van der Waals surface area contributed by atoms with Crippen molar-refractivity contribution in [1.82, 2.24) is 5.32 Å². The number of hydrogen-bond acceptors (Lipinski definition) is 5. The highest BCUT2D eigenvalue weighted by atomic mass is 16.5. The van der Waals surface area contributed by atoms with Gasteiger partial charge in [0.1, 0.15) is 5.75 Å². The summed E-state index contributed by atoms with van der Waals surface area (Å²) in [6, 6.07) is 5.90. The van der Waals surface area contributed by atoms with E-state index in [0.717, 1.165) is 24.2 Å². The van der Waals surface area contributed by atoms with E-state index < -0.39 is 0 Å². The minimum atomic E-state index is 0.0992. The molecule has 114 valence electrons. The van der Waals surface area contributed by atoms with Crippen LogP contribution in [0.25, 0.3) is 0 Å². The van der Waals surface area contributed by atoms with Crippen LogP contribution in [0.5, 0.6) is 5.75 Å². The Balaban J connectivity index is 1.71. The van der Waals surface area contributed by atoms with Gasteiger partial charge >= 0.3 is 0 Å². The predicted octanol–water partition coefficient (Wildman–Crippen LogP) is 1.20. The van der Waals surface area contributed by atoms with Gasteiger partial charge in [-0.3, -0.25) is 0 Å². The molecule has 2 aliphatic heterocycles. The summed E-state index contributed by atoms with van der Waals surface area (Å²) in [4.78, 5) is 0. The summed E-state index contributed by atoms with van der Waals surface area (Å²) in [7, 11) is 1.64. The van der Waals surface area contributed by atoms with Crippen molar-refractivity contribution in [2.24, 2.45) is 10.9 Å². The number of rotatable bonds is 5. The SMILES string of the molecule is COc1ccc(/C(N)=N/O)cc1CNC1CC2CCC1O2. The van der Waals surface area contributed by atoms with E-state index in [0.29, 0.717) is 30.4 Å². The maximum Gasteiger partial charge on any atom is 0.170 e. The Morgan fingerprint density at radius 3 is 3.00 bits per heavy atom. The van der Waals surface area contributed by atoms with Crippen LogP contribution in [-0.2, 0) is 11.3 Å². The lowest BCUT2D eigenvalue weighted by atomic mass is 9.95. The predicted molar refractivity (Wildman–Crippen MR) is 78.6 cm³/mol. The van der Waals surface area contributed by atoms with Crippen molar-refractivity contribution in [3.63, 3.8) is 0 Å². The highest BCUT2D eigenvalue weighted by Gasteiger charge is 2.40. The van der Waals surface area contributed by atoms with Gasteiger partial charge in [0.05, 0.1) is 19.3 Å². The Morgan fingerprint density at radius 1 is 1.52 bits per heavy atom. The largest absolute Gasteiger partial charge is 0.496 e. The number of methoxy groups -OCH3 is 1. The number of hydrogen-bond donors (Lipinski definition) is 3. The maximum atomic E-state index is 8.78. The molecular formula is C15H21N3O3. The average molecular weight is 291 g/mol. The second-order valence-corrected chi connectivity index (χ2v) is 5.61. The van der Waals surface area contributed by atoms with Crippen LogP contribution in [0.3, 0.4) is 0 Å². The average Bonchev–Trinajstić information content (AvgIpc) is 3.14. The van der Waals surface area contributed by atoms with E-state index in [9.17, 15) is 0 Å². The third-order valence-corrected chi connectivity index (χ3v) is 4.34. The highest BCUT2D eigenvalue weighted by molar-refractivity contribution is 5.97. The topological polar surface area (TPSA) is 89.1 Å². The first kappa shape index (κ1) is 14.2. The van der Waals surface area contributed by atoms with E-state index in [4.69, 9.17) is 20.4 Å². The minimum Gasteiger partial charge on any atom is -0.496 e. The Labute approximate surface area is 123 Å². The molecule has 0 aromatic heterocycles. The molecule has 4 N–H and O–H groups in total. The van der Waals surface area contributed by atoms with E-state index >= 15 is 0 Å². The molecule has 6 heteroatoms. The Kier molecular flexibility index (Phi) is 3.98. The molecule has 2 heterocycles. The fourth-order valence-electron chi connectivity index (χ4n) is 3.23. The van der Waals surface area contributed by atoms with Crippen molar-refractivity contribution in [3.8, 4) is 5.75 Å². The molecule has 3 rings (SSSR count). The molecule has 3 atom stereocenters. The van der Waals surface area contributed by atoms with Gasteiger partial charge in [-0.2, -0.15) is 0 Å². The van der Waals surface area contributed by atoms with Gasteiger partial charge in [-0.25, -0.2) is 0 Å². The molecule has 21 heavy (non-hydrogen) atoms. The first-order valence-electron chi connectivity index (χ1n) is 7.25. The fourth-order valence-corrected chi connectivity index (χ4v) is 3.23. The molecule has 2 bridgehead atoms. The van der Waals surface area contributed by atoms with E-state index in [1.165, 1.54) is 6.42 Å². The third kappa shape index (κ3) is 2.82. The first-order valence-corrected chi connectivity index (χ1v) is 7.25. The Bertz CT molecular complexity index is 547. The molecule has 6 nitrogen and oxygen atoms in total. The molecule has 2 aliphatic rings. The molecule has 0 spiro atoms. The lowest BCUT2D eigenvalue weighted by Crippen LogP contribution is -2.37. The summed E-state index contributed by atoms with van der Waals surface area (Å²) >= 11 is 0. The third-order valence-electron chi connectivity index (χ3n) is 4.34. The number of benzene rings is 1. The van der Waals surface area contributed by atoms with E-state index in [1.807, 2.05) is 12.1 Å². The summed E-state index contributed by atoms with van der Waals surface area (Å²) in [6.45, 7) is 0.674. The van der Waals surface area contributed by atoms with Gasteiger partial charge in [0.25, 0.3) is 0 Å². The molecule has 1 aromatic rings. The maximum absolute atomic E-state index is 8.78. The lowest BCUT2D eigenvalue weighted by molar-refractivity contribution is 0.0972. The molecule has 1 aromatic carbocycles. The van der Waals surface area contributed by atoms with Crippen molar-refractivity contribution >= 4 is 5.84 Å². The Hall–Kier alpha value is -1.79. The summed E-state index contributed by atoms with van der Waals surface area (Å²) < 4.78 is 11.2. The number of nitrogens with one attached hydrogen (secondary N) is 1. The summed E-state index contributed by atoms with van der Waals surface area (Å²) in [5.41, 5.74) is 7.31. The van der Waals surface area contributed by atoms with Crippen LogP contribution >= 0.6 is 0 Å². The van der Waals surface area contributed by atoms with Crippen LogP contribution in [0.4, 0.5) is 0 Å². The highest BCUT2D eigenvalue weighted by Crippen LogP contribution is 2.34. The molecule has 2 fully saturated rings. The molecular weight excluding hydrogens is 270 g/mol. The van der Waals surface area contributed by atoms with Gasteiger partial charge in [-0.05, 0) is 37.5 Å². The van der Waals surface area contributed by atoms with Crippen LogP contribution in [0.15, 0.2) is 23.4 Å². The van der Waals surface area contributed by atoms with Crippen molar-refractivity contribution in [2.45, 2.75) is 44.1 Å². The molecule has 0 saturated carbocycles. The van der Waals surface area contributed by atoms with Crippen molar-refractivity contribution in [2.75, 3.05) is 7.11 Å². The summed E-state index contributed by atoms with van der Waals surface area (Å²) in [5.74, 6) is 0.892. The first-order chi connectivity index (χ1) is 10.2. The van der Waals surface area contributed by atoms with Crippen molar-refractivity contribution < 1.29 is 14.7 Å². The fraction of sp³-hybridized carbons (Fsp3) is 0.533. The minimum absolute atomic E-state index is 0.0992. The van der Waals surface area contributed by atoms with Crippen molar-refractivity contribution in [1.29, 1.82) is 0 Å². The van der Waals surface area contributed by atoms with Gasteiger partial charge in [0.15, 0.2) is 5.84 Å². The second-order valence-electron chi connectivity index (χ2n) is 5.61. The van der Waals surface area contributed by atoms with E-state index in [1.54, 1.807) is 13.2 Å². The van der Waals surface area contributed by atoms with E-state index in [-0.39, 0.29) is 5.84 Å². The van der Waals surface area contributed by atoms with Gasteiger partial charge in [0.2, 0.25) is 0 Å². The number of ether oxygens (including phenoxy) is 2. The zero-order valence-electron chi connectivity index (χ0n) is 12.1. The van der Waals surface area contributed by atoms with Crippen LogP contribution in [-0.4, -0.2) is 36.4 Å². The van der Waals surface area contributed by atoms with Crippen LogP contribution in [0.2, 0.25) is 0 Å².